The molecule has 1 aliphatic heterocycles. The quantitative estimate of drug-likeness (QED) is 0.693. The minimum Gasteiger partial charge on any atom is -0.398 e. The predicted molar refractivity (Wildman–Crippen MR) is 103 cm³/mol. The normalized spacial score (nSPS) is 22.2. The van der Waals surface area contributed by atoms with Crippen molar-refractivity contribution >= 4 is 18.5 Å². The van der Waals surface area contributed by atoms with Gasteiger partial charge in [0.05, 0.1) is 23.4 Å². The first-order chi connectivity index (χ1) is 12.3. The SMILES string of the molecule is CC1(C)OB(C(F)=CCn2nc(-c3ccsc3)cc2C2CC2)OC1(C)C. The van der Waals surface area contributed by atoms with Gasteiger partial charge in [-0.2, -0.15) is 16.4 Å². The van der Waals surface area contributed by atoms with Crippen molar-refractivity contribution in [3.63, 3.8) is 0 Å². The summed E-state index contributed by atoms with van der Waals surface area (Å²) >= 11 is 1.65. The molecule has 26 heavy (non-hydrogen) atoms. The highest BCUT2D eigenvalue weighted by atomic mass is 32.1. The van der Waals surface area contributed by atoms with Crippen LogP contribution in [-0.2, 0) is 15.9 Å². The monoisotopic (exact) mass is 374 g/mol. The summed E-state index contributed by atoms with van der Waals surface area (Å²) in [6.07, 6.45) is 3.88. The summed E-state index contributed by atoms with van der Waals surface area (Å²) in [5.41, 5.74) is 1.78. The van der Waals surface area contributed by atoms with E-state index in [1.807, 2.05) is 37.8 Å². The lowest BCUT2D eigenvalue weighted by Crippen LogP contribution is -2.41. The van der Waals surface area contributed by atoms with E-state index in [0.29, 0.717) is 12.5 Å². The number of nitrogens with zero attached hydrogens (tertiary/aromatic N) is 2. The van der Waals surface area contributed by atoms with Gasteiger partial charge in [-0.25, -0.2) is 4.39 Å². The predicted octanol–water partition coefficient (Wildman–Crippen LogP) is 4.97. The van der Waals surface area contributed by atoms with E-state index in [2.05, 4.69) is 17.5 Å². The average molecular weight is 374 g/mol. The third kappa shape index (κ3) is 3.28. The maximum absolute atomic E-state index is 14.7. The highest BCUT2D eigenvalue weighted by Crippen LogP contribution is 2.42. The van der Waals surface area contributed by atoms with Gasteiger partial charge in [-0.15, -0.1) is 0 Å². The van der Waals surface area contributed by atoms with Gasteiger partial charge in [-0.1, -0.05) is 0 Å². The van der Waals surface area contributed by atoms with Crippen molar-refractivity contribution < 1.29 is 13.7 Å². The van der Waals surface area contributed by atoms with Crippen molar-refractivity contribution in [2.45, 2.75) is 64.2 Å². The molecule has 1 saturated heterocycles. The molecule has 4 nitrogen and oxygen atoms in total. The van der Waals surface area contributed by atoms with Crippen molar-refractivity contribution in [1.29, 1.82) is 0 Å². The third-order valence-electron chi connectivity index (χ3n) is 5.56. The van der Waals surface area contributed by atoms with Gasteiger partial charge in [-0.05, 0) is 64.1 Å². The molecule has 1 aliphatic carbocycles. The van der Waals surface area contributed by atoms with Gasteiger partial charge < -0.3 is 9.31 Å². The summed E-state index contributed by atoms with van der Waals surface area (Å²) in [6, 6.07) is 4.20. The van der Waals surface area contributed by atoms with E-state index in [1.54, 1.807) is 11.3 Å². The van der Waals surface area contributed by atoms with E-state index >= 15 is 0 Å². The molecule has 138 valence electrons. The Balaban J connectivity index is 1.53. The molecule has 3 heterocycles. The first-order valence-corrected chi connectivity index (χ1v) is 10.0. The molecular formula is C19H24BFN2O2S. The Hall–Kier alpha value is -1.44. The Morgan fingerprint density at radius 1 is 1.35 bits per heavy atom. The molecule has 2 aromatic heterocycles. The van der Waals surface area contributed by atoms with Crippen LogP contribution in [0.3, 0.4) is 0 Å². The zero-order valence-corrected chi connectivity index (χ0v) is 16.5. The molecule has 2 fully saturated rings. The number of rotatable bonds is 5. The molecule has 0 atom stereocenters. The maximum atomic E-state index is 14.7. The number of thiophene rings is 1. The van der Waals surface area contributed by atoms with E-state index in [1.165, 1.54) is 24.6 Å². The van der Waals surface area contributed by atoms with Crippen molar-refractivity contribution in [3.8, 4) is 11.3 Å². The molecule has 0 N–H and O–H groups in total. The summed E-state index contributed by atoms with van der Waals surface area (Å²) in [5, 5.41) is 8.83. The Morgan fingerprint density at radius 3 is 2.62 bits per heavy atom. The molecule has 0 spiro atoms. The van der Waals surface area contributed by atoms with Gasteiger partial charge in [0.1, 0.15) is 5.73 Å². The largest absolute Gasteiger partial charge is 0.524 e. The summed E-state index contributed by atoms with van der Waals surface area (Å²) in [4.78, 5) is 0. The Bertz CT molecular complexity index is 809. The molecule has 4 rings (SSSR count). The van der Waals surface area contributed by atoms with Crippen LogP contribution in [0.5, 0.6) is 0 Å². The standard InChI is InChI=1S/C19H24BFN2O2S/c1-18(2)19(3,4)25-20(24-18)17(21)7-9-23-16(13-5-6-13)11-15(22-23)14-8-10-26-12-14/h7-8,10-13H,5-6,9H2,1-4H3. The summed E-state index contributed by atoms with van der Waals surface area (Å²) < 4.78 is 28.1. The summed E-state index contributed by atoms with van der Waals surface area (Å²) in [6.45, 7) is 8.07. The summed E-state index contributed by atoms with van der Waals surface area (Å²) in [5.74, 6) is 0.545. The van der Waals surface area contributed by atoms with Crippen LogP contribution in [0.4, 0.5) is 4.39 Å². The van der Waals surface area contributed by atoms with Crippen molar-refractivity contribution in [2.24, 2.45) is 0 Å². The van der Waals surface area contributed by atoms with Crippen LogP contribution in [0.15, 0.2) is 34.7 Å². The Morgan fingerprint density at radius 2 is 2.04 bits per heavy atom. The van der Waals surface area contributed by atoms with Crippen molar-refractivity contribution in [2.75, 3.05) is 0 Å². The van der Waals surface area contributed by atoms with Gasteiger partial charge in [0.15, 0.2) is 0 Å². The number of aromatic nitrogens is 2. The molecule has 2 aliphatic rings. The second-order valence-electron chi connectivity index (χ2n) is 8.10. The highest BCUT2D eigenvalue weighted by Gasteiger charge is 2.53. The van der Waals surface area contributed by atoms with E-state index in [9.17, 15) is 4.39 Å². The van der Waals surface area contributed by atoms with E-state index in [-0.39, 0.29) is 0 Å². The number of hydrogen-bond acceptors (Lipinski definition) is 4. The van der Waals surface area contributed by atoms with Crippen LogP contribution < -0.4 is 0 Å². The van der Waals surface area contributed by atoms with Crippen molar-refractivity contribution in [1.82, 2.24) is 9.78 Å². The van der Waals surface area contributed by atoms with Gasteiger partial charge in [0.2, 0.25) is 0 Å². The second-order valence-corrected chi connectivity index (χ2v) is 8.88. The van der Waals surface area contributed by atoms with Crippen LogP contribution in [0.1, 0.15) is 52.1 Å². The first kappa shape index (κ1) is 18.0. The number of halogens is 1. The fourth-order valence-corrected chi connectivity index (χ4v) is 3.71. The lowest BCUT2D eigenvalue weighted by molar-refractivity contribution is 0.00578. The zero-order chi connectivity index (χ0) is 18.5. The van der Waals surface area contributed by atoms with Gasteiger partial charge in [-0.3, -0.25) is 4.68 Å². The summed E-state index contributed by atoms with van der Waals surface area (Å²) in [7, 11) is -0.948. The van der Waals surface area contributed by atoms with Crippen molar-refractivity contribution in [3.05, 3.63) is 40.4 Å². The maximum Gasteiger partial charge on any atom is 0.524 e. The van der Waals surface area contributed by atoms with Gasteiger partial charge in [0, 0.05) is 22.6 Å². The lowest BCUT2D eigenvalue weighted by Gasteiger charge is -2.32. The molecule has 0 aromatic carbocycles. The topological polar surface area (TPSA) is 36.3 Å². The molecule has 7 heteroatoms. The number of hydrogen-bond donors (Lipinski definition) is 0. The Kier molecular flexibility index (Phi) is 4.37. The highest BCUT2D eigenvalue weighted by molar-refractivity contribution is 7.08. The molecule has 0 amide bonds. The van der Waals surface area contributed by atoms with Gasteiger partial charge >= 0.3 is 7.12 Å². The fourth-order valence-electron chi connectivity index (χ4n) is 3.06. The van der Waals surface area contributed by atoms with Crippen LogP contribution in [0.2, 0.25) is 0 Å². The van der Waals surface area contributed by atoms with Crippen LogP contribution in [0.25, 0.3) is 11.3 Å². The number of allylic oxidation sites excluding steroid dienone is 1. The molecule has 1 saturated carbocycles. The first-order valence-electron chi connectivity index (χ1n) is 9.08. The van der Waals surface area contributed by atoms with Crippen LogP contribution in [-0.4, -0.2) is 28.1 Å². The molecule has 0 bridgehead atoms. The van der Waals surface area contributed by atoms with Crippen LogP contribution >= 0.6 is 11.3 Å². The zero-order valence-electron chi connectivity index (χ0n) is 15.7. The van der Waals surface area contributed by atoms with Gasteiger partial charge in [0.25, 0.3) is 0 Å². The fraction of sp³-hybridized carbons (Fsp3) is 0.526. The molecule has 2 aromatic rings. The molecule has 0 radical (unpaired) electrons. The minimum atomic E-state index is -0.948. The smallest absolute Gasteiger partial charge is 0.398 e. The van der Waals surface area contributed by atoms with E-state index in [4.69, 9.17) is 14.4 Å². The second kappa shape index (κ2) is 6.32. The lowest BCUT2D eigenvalue weighted by atomic mass is 9.88. The average Bonchev–Trinajstić information content (AvgIpc) is 3.02. The van der Waals surface area contributed by atoms with Crippen LogP contribution in [0, 0.1) is 0 Å². The third-order valence-corrected chi connectivity index (χ3v) is 6.24. The van der Waals surface area contributed by atoms with E-state index < -0.39 is 24.0 Å². The minimum absolute atomic E-state index is 0.381. The molecular weight excluding hydrogens is 350 g/mol. The molecule has 0 unspecified atom stereocenters. The van der Waals surface area contributed by atoms with E-state index in [0.717, 1.165) is 11.3 Å². The Labute approximate surface area is 158 Å².